The summed E-state index contributed by atoms with van der Waals surface area (Å²) in [6.45, 7) is 2.25. The van der Waals surface area contributed by atoms with Crippen LogP contribution in [0.1, 0.15) is 31.2 Å². The molecule has 1 fully saturated rings. The maximum absolute atomic E-state index is 14.0. The minimum atomic E-state index is -0.684. The predicted molar refractivity (Wildman–Crippen MR) is 71.5 cm³/mol. The van der Waals surface area contributed by atoms with Crippen LogP contribution in [0.3, 0.4) is 0 Å². The van der Waals surface area contributed by atoms with Gasteiger partial charge in [0.1, 0.15) is 5.82 Å². The van der Waals surface area contributed by atoms with E-state index in [4.69, 9.17) is 4.74 Å². The van der Waals surface area contributed by atoms with Crippen molar-refractivity contribution in [2.24, 2.45) is 5.41 Å². The van der Waals surface area contributed by atoms with Crippen LogP contribution < -0.4 is 5.32 Å². The summed E-state index contributed by atoms with van der Waals surface area (Å²) in [5, 5.41) is 2.30. The Morgan fingerprint density at radius 1 is 1.40 bits per heavy atom. The Bertz CT molecular complexity index is 532. The van der Waals surface area contributed by atoms with Gasteiger partial charge in [-0.15, -0.1) is 0 Å². The Morgan fingerprint density at radius 3 is 2.75 bits per heavy atom. The first-order chi connectivity index (χ1) is 9.48. The normalized spacial score (nSPS) is 26.4. The number of benzene rings is 1. The van der Waals surface area contributed by atoms with Gasteiger partial charge in [-0.2, -0.15) is 0 Å². The summed E-state index contributed by atoms with van der Waals surface area (Å²) in [6, 6.07) is 6.20. The SMILES string of the molecule is COCCC1(C)CC(=O)NC(=O)C1c1ccccc1F. The number of ether oxygens (including phenoxy) is 1. The molecule has 20 heavy (non-hydrogen) atoms. The second-order valence-corrected chi connectivity index (χ2v) is 5.44. The van der Waals surface area contributed by atoms with Gasteiger partial charge in [0.25, 0.3) is 0 Å². The van der Waals surface area contributed by atoms with Crippen molar-refractivity contribution in [3.8, 4) is 0 Å². The summed E-state index contributed by atoms with van der Waals surface area (Å²) in [5.41, 5.74) is -0.312. The molecule has 1 aliphatic rings. The van der Waals surface area contributed by atoms with Crippen LogP contribution in [0.2, 0.25) is 0 Å². The Kier molecular flexibility index (Phi) is 4.18. The molecular formula is C15H18FNO3. The average Bonchev–Trinajstić information content (AvgIpc) is 2.37. The molecule has 0 aromatic heterocycles. The zero-order chi connectivity index (χ0) is 14.8. The maximum Gasteiger partial charge on any atom is 0.234 e. The lowest BCUT2D eigenvalue weighted by Gasteiger charge is -2.40. The Balaban J connectivity index is 2.42. The third kappa shape index (κ3) is 2.72. The smallest absolute Gasteiger partial charge is 0.234 e. The first kappa shape index (κ1) is 14.7. The van der Waals surface area contributed by atoms with Gasteiger partial charge in [-0.25, -0.2) is 4.39 Å². The van der Waals surface area contributed by atoms with E-state index < -0.39 is 23.1 Å². The first-order valence-corrected chi connectivity index (χ1v) is 6.55. The minimum Gasteiger partial charge on any atom is -0.385 e. The quantitative estimate of drug-likeness (QED) is 0.858. The van der Waals surface area contributed by atoms with Gasteiger partial charge in [-0.05, 0) is 17.9 Å². The van der Waals surface area contributed by atoms with Gasteiger partial charge in [0, 0.05) is 25.7 Å². The number of nitrogens with one attached hydrogen (secondary N) is 1. The molecule has 2 atom stereocenters. The summed E-state index contributed by atoms with van der Waals surface area (Å²) in [5.74, 6) is -1.87. The average molecular weight is 279 g/mol. The van der Waals surface area contributed by atoms with E-state index >= 15 is 0 Å². The predicted octanol–water partition coefficient (Wildman–Crippen LogP) is 2.00. The highest BCUT2D eigenvalue weighted by Gasteiger charge is 2.46. The van der Waals surface area contributed by atoms with E-state index in [1.165, 1.54) is 6.07 Å². The molecule has 4 nitrogen and oxygen atoms in total. The lowest BCUT2D eigenvalue weighted by atomic mass is 9.66. The minimum absolute atomic E-state index is 0.182. The molecule has 1 aliphatic heterocycles. The number of hydrogen-bond acceptors (Lipinski definition) is 3. The van der Waals surface area contributed by atoms with E-state index in [1.54, 1.807) is 25.3 Å². The zero-order valence-corrected chi connectivity index (χ0v) is 11.6. The molecule has 0 radical (unpaired) electrons. The molecule has 0 aliphatic carbocycles. The molecule has 5 heteroatoms. The summed E-state index contributed by atoms with van der Waals surface area (Å²) in [4.78, 5) is 23.8. The molecule has 1 heterocycles. The second kappa shape index (κ2) is 5.71. The number of imide groups is 1. The van der Waals surface area contributed by atoms with E-state index in [0.29, 0.717) is 18.6 Å². The van der Waals surface area contributed by atoms with Gasteiger partial charge >= 0.3 is 0 Å². The second-order valence-electron chi connectivity index (χ2n) is 5.44. The van der Waals surface area contributed by atoms with Crippen molar-refractivity contribution in [1.82, 2.24) is 5.32 Å². The summed E-state index contributed by atoms with van der Waals surface area (Å²) >= 11 is 0. The summed E-state index contributed by atoms with van der Waals surface area (Å²) < 4.78 is 19.1. The monoisotopic (exact) mass is 279 g/mol. The van der Waals surface area contributed by atoms with Crippen molar-refractivity contribution in [2.75, 3.05) is 13.7 Å². The fourth-order valence-corrected chi connectivity index (χ4v) is 2.83. The highest BCUT2D eigenvalue weighted by atomic mass is 19.1. The Hall–Kier alpha value is -1.75. The standard InChI is InChI=1S/C15H18FNO3/c1-15(7-8-20-2)9-12(18)17-14(19)13(15)10-5-3-4-6-11(10)16/h3-6,13H,7-9H2,1-2H3,(H,17,18,19). The van der Waals surface area contributed by atoms with Crippen LogP contribution in [-0.2, 0) is 14.3 Å². The van der Waals surface area contributed by atoms with Crippen molar-refractivity contribution < 1.29 is 18.7 Å². The van der Waals surface area contributed by atoms with E-state index in [-0.39, 0.29) is 12.3 Å². The van der Waals surface area contributed by atoms with Crippen molar-refractivity contribution in [3.63, 3.8) is 0 Å². The molecule has 1 saturated heterocycles. The Labute approximate surface area is 117 Å². The highest BCUT2D eigenvalue weighted by molar-refractivity contribution is 6.02. The van der Waals surface area contributed by atoms with Crippen LogP contribution in [0, 0.1) is 11.2 Å². The topological polar surface area (TPSA) is 55.4 Å². The van der Waals surface area contributed by atoms with E-state index in [2.05, 4.69) is 5.32 Å². The number of carbonyl (C=O) groups is 2. The number of carbonyl (C=O) groups excluding carboxylic acids is 2. The van der Waals surface area contributed by atoms with Crippen LogP contribution in [0.4, 0.5) is 4.39 Å². The van der Waals surface area contributed by atoms with Gasteiger partial charge < -0.3 is 4.74 Å². The van der Waals surface area contributed by atoms with Crippen molar-refractivity contribution in [3.05, 3.63) is 35.6 Å². The van der Waals surface area contributed by atoms with Crippen LogP contribution in [0.15, 0.2) is 24.3 Å². The molecular weight excluding hydrogens is 261 g/mol. The third-order valence-corrected chi connectivity index (χ3v) is 3.88. The van der Waals surface area contributed by atoms with E-state index in [9.17, 15) is 14.0 Å². The Morgan fingerprint density at radius 2 is 2.10 bits per heavy atom. The van der Waals surface area contributed by atoms with E-state index in [1.807, 2.05) is 6.92 Å². The molecule has 2 rings (SSSR count). The molecule has 1 N–H and O–H groups in total. The molecule has 2 unspecified atom stereocenters. The number of methoxy groups -OCH3 is 1. The highest BCUT2D eigenvalue weighted by Crippen LogP contribution is 2.44. The molecule has 108 valence electrons. The van der Waals surface area contributed by atoms with Gasteiger partial charge in [-0.3, -0.25) is 14.9 Å². The molecule has 2 amide bonds. The fraction of sp³-hybridized carbons (Fsp3) is 0.467. The van der Waals surface area contributed by atoms with Gasteiger partial charge in [0.2, 0.25) is 11.8 Å². The summed E-state index contributed by atoms with van der Waals surface area (Å²) in [7, 11) is 1.56. The van der Waals surface area contributed by atoms with Gasteiger partial charge in [0.05, 0.1) is 5.92 Å². The number of halogens is 1. The van der Waals surface area contributed by atoms with Crippen LogP contribution in [-0.4, -0.2) is 25.5 Å². The first-order valence-electron chi connectivity index (χ1n) is 6.55. The largest absolute Gasteiger partial charge is 0.385 e. The lowest BCUT2D eigenvalue weighted by Crippen LogP contribution is -2.50. The van der Waals surface area contributed by atoms with E-state index in [0.717, 1.165) is 0 Å². The van der Waals surface area contributed by atoms with Crippen LogP contribution >= 0.6 is 0 Å². The molecule has 1 aromatic carbocycles. The molecule has 0 bridgehead atoms. The maximum atomic E-state index is 14.0. The van der Waals surface area contributed by atoms with Crippen LogP contribution in [0.25, 0.3) is 0 Å². The molecule has 1 aromatic rings. The van der Waals surface area contributed by atoms with Crippen molar-refractivity contribution in [2.45, 2.75) is 25.7 Å². The van der Waals surface area contributed by atoms with Crippen LogP contribution in [0.5, 0.6) is 0 Å². The number of rotatable bonds is 4. The zero-order valence-electron chi connectivity index (χ0n) is 11.6. The number of piperidine rings is 1. The molecule has 0 spiro atoms. The third-order valence-electron chi connectivity index (χ3n) is 3.88. The fourth-order valence-electron chi connectivity index (χ4n) is 2.83. The van der Waals surface area contributed by atoms with Gasteiger partial charge in [0.15, 0.2) is 0 Å². The number of hydrogen-bond donors (Lipinski definition) is 1. The number of amides is 2. The van der Waals surface area contributed by atoms with Gasteiger partial charge in [-0.1, -0.05) is 25.1 Å². The lowest BCUT2D eigenvalue weighted by molar-refractivity contribution is -0.140. The van der Waals surface area contributed by atoms with Crippen molar-refractivity contribution in [1.29, 1.82) is 0 Å². The van der Waals surface area contributed by atoms with Crippen molar-refractivity contribution >= 4 is 11.8 Å². The molecule has 0 saturated carbocycles. The summed E-state index contributed by atoms with van der Waals surface area (Å²) in [6.07, 6.45) is 0.697.